The minimum Gasteiger partial charge on any atom is -0.451 e. The molecule has 21 heavy (non-hydrogen) atoms. The van der Waals surface area contributed by atoms with Crippen molar-refractivity contribution in [3.8, 4) is 0 Å². The van der Waals surface area contributed by atoms with Crippen LogP contribution in [0.3, 0.4) is 0 Å². The molecule has 0 spiro atoms. The topological polar surface area (TPSA) is 88.6 Å². The number of piperidine rings is 1. The van der Waals surface area contributed by atoms with Crippen molar-refractivity contribution in [3.63, 3.8) is 0 Å². The Hall–Kier alpha value is -1.35. The minimum atomic E-state index is -0.312. The van der Waals surface area contributed by atoms with Crippen molar-refractivity contribution in [1.29, 1.82) is 0 Å². The standard InChI is InChI=1S/C14H18IN3O3/c15-12-3-1-11(21-12)2-4-14(20)17-10-5-7-18(8-6-10)9-13(16)19/h1-4,10H,5-9H2,(H2,16,19)(H,17,20)/b4-2+. The maximum Gasteiger partial charge on any atom is 0.244 e. The van der Waals surface area contributed by atoms with Crippen LogP contribution in [0.2, 0.25) is 0 Å². The van der Waals surface area contributed by atoms with Gasteiger partial charge in [-0.15, -0.1) is 0 Å². The van der Waals surface area contributed by atoms with Crippen molar-refractivity contribution in [2.45, 2.75) is 18.9 Å². The maximum atomic E-state index is 11.8. The van der Waals surface area contributed by atoms with Crippen LogP contribution in [-0.2, 0) is 9.59 Å². The Bertz CT molecular complexity index is 533. The van der Waals surface area contributed by atoms with E-state index in [0.29, 0.717) is 5.76 Å². The number of furan rings is 1. The molecule has 0 bridgehead atoms. The van der Waals surface area contributed by atoms with E-state index in [4.69, 9.17) is 10.2 Å². The van der Waals surface area contributed by atoms with Gasteiger partial charge in [-0.05, 0) is 53.6 Å². The number of halogens is 1. The molecule has 0 radical (unpaired) electrons. The maximum absolute atomic E-state index is 11.8. The molecule has 1 fully saturated rings. The van der Waals surface area contributed by atoms with Gasteiger partial charge in [0.2, 0.25) is 11.8 Å². The number of hydrogen-bond acceptors (Lipinski definition) is 4. The van der Waals surface area contributed by atoms with Crippen molar-refractivity contribution in [2.24, 2.45) is 5.73 Å². The van der Waals surface area contributed by atoms with E-state index in [-0.39, 0.29) is 24.4 Å². The average molecular weight is 403 g/mol. The molecule has 0 unspecified atom stereocenters. The predicted molar refractivity (Wildman–Crippen MR) is 87.3 cm³/mol. The molecule has 7 heteroatoms. The molecule has 2 rings (SSSR count). The second kappa shape index (κ2) is 7.60. The number of nitrogens with two attached hydrogens (primary N) is 1. The lowest BCUT2D eigenvalue weighted by Gasteiger charge is -2.31. The fourth-order valence-electron chi connectivity index (χ4n) is 2.28. The van der Waals surface area contributed by atoms with Crippen LogP contribution in [0.15, 0.2) is 22.6 Å². The van der Waals surface area contributed by atoms with Gasteiger partial charge in [-0.3, -0.25) is 14.5 Å². The van der Waals surface area contributed by atoms with Crippen molar-refractivity contribution >= 4 is 40.5 Å². The van der Waals surface area contributed by atoms with Crippen LogP contribution < -0.4 is 11.1 Å². The highest BCUT2D eigenvalue weighted by molar-refractivity contribution is 14.1. The summed E-state index contributed by atoms with van der Waals surface area (Å²) in [4.78, 5) is 24.7. The largest absolute Gasteiger partial charge is 0.451 e. The summed E-state index contributed by atoms with van der Waals surface area (Å²) in [7, 11) is 0. The van der Waals surface area contributed by atoms with Crippen molar-refractivity contribution < 1.29 is 14.0 Å². The summed E-state index contributed by atoms with van der Waals surface area (Å²) in [6.07, 6.45) is 4.78. The summed E-state index contributed by atoms with van der Waals surface area (Å²) in [5, 5.41) is 2.96. The van der Waals surface area contributed by atoms with Crippen LogP contribution in [0.4, 0.5) is 0 Å². The first-order valence-electron chi connectivity index (χ1n) is 6.77. The Balaban J connectivity index is 1.74. The quantitative estimate of drug-likeness (QED) is 0.567. The average Bonchev–Trinajstić information content (AvgIpc) is 2.84. The van der Waals surface area contributed by atoms with E-state index < -0.39 is 0 Å². The number of hydrogen-bond donors (Lipinski definition) is 2. The lowest BCUT2D eigenvalue weighted by atomic mass is 10.1. The van der Waals surface area contributed by atoms with E-state index in [0.717, 1.165) is 29.7 Å². The normalized spacial score (nSPS) is 17.2. The van der Waals surface area contributed by atoms with Crippen molar-refractivity contribution in [1.82, 2.24) is 10.2 Å². The first-order chi connectivity index (χ1) is 10.0. The molecule has 114 valence electrons. The summed E-state index contributed by atoms with van der Waals surface area (Å²) >= 11 is 2.07. The number of nitrogens with one attached hydrogen (secondary N) is 1. The van der Waals surface area contributed by atoms with Gasteiger partial charge >= 0.3 is 0 Å². The van der Waals surface area contributed by atoms with Gasteiger partial charge in [-0.25, -0.2) is 0 Å². The second-order valence-electron chi connectivity index (χ2n) is 5.00. The van der Waals surface area contributed by atoms with Gasteiger partial charge in [-0.2, -0.15) is 0 Å². The molecule has 6 nitrogen and oxygen atoms in total. The molecule has 0 aromatic carbocycles. The fraction of sp³-hybridized carbons (Fsp3) is 0.429. The summed E-state index contributed by atoms with van der Waals surface area (Å²) in [6.45, 7) is 1.83. The highest BCUT2D eigenvalue weighted by atomic mass is 127. The molecule has 1 aliphatic heterocycles. The number of amides is 2. The molecule has 0 atom stereocenters. The van der Waals surface area contributed by atoms with Crippen LogP contribution in [0.1, 0.15) is 18.6 Å². The van der Waals surface area contributed by atoms with E-state index in [1.807, 2.05) is 17.0 Å². The van der Waals surface area contributed by atoms with E-state index >= 15 is 0 Å². The van der Waals surface area contributed by atoms with Gasteiger partial charge in [0.1, 0.15) is 5.76 Å². The van der Waals surface area contributed by atoms with Gasteiger partial charge in [0.25, 0.3) is 0 Å². The summed E-state index contributed by atoms with van der Waals surface area (Å²) in [5.74, 6) is 0.217. The molecule has 1 aliphatic rings. The third-order valence-electron chi connectivity index (χ3n) is 3.31. The summed E-state index contributed by atoms with van der Waals surface area (Å²) in [5.41, 5.74) is 5.17. The van der Waals surface area contributed by atoms with Crippen LogP contribution >= 0.6 is 22.6 Å². The van der Waals surface area contributed by atoms with Gasteiger partial charge in [0.15, 0.2) is 3.77 Å². The molecule has 2 amide bonds. The molecule has 3 N–H and O–H groups in total. The molecule has 2 heterocycles. The molecule has 1 aromatic heterocycles. The minimum absolute atomic E-state index is 0.130. The zero-order valence-corrected chi connectivity index (χ0v) is 13.7. The Morgan fingerprint density at radius 1 is 1.43 bits per heavy atom. The Labute approximate surface area is 136 Å². The zero-order chi connectivity index (χ0) is 15.2. The molecule has 0 saturated carbocycles. The van der Waals surface area contributed by atoms with Gasteiger partial charge < -0.3 is 15.5 Å². The number of carbonyl (C=O) groups excluding carboxylic acids is 2. The smallest absolute Gasteiger partial charge is 0.244 e. The SMILES string of the molecule is NC(=O)CN1CCC(NC(=O)/C=C/c2ccc(I)o2)CC1. The fourth-order valence-corrected chi connectivity index (χ4v) is 2.71. The highest BCUT2D eigenvalue weighted by Crippen LogP contribution is 2.12. The van der Waals surface area contributed by atoms with Gasteiger partial charge in [-0.1, -0.05) is 0 Å². The molecule has 0 aliphatic carbocycles. The van der Waals surface area contributed by atoms with E-state index in [2.05, 4.69) is 27.9 Å². The highest BCUT2D eigenvalue weighted by Gasteiger charge is 2.20. The van der Waals surface area contributed by atoms with Crippen LogP contribution in [0.5, 0.6) is 0 Å². The third-order valence-corrected chi connectivity index (χ3v) is 3.89. The van der Waals surface area contributed by atoms with Gasteiger partial charge in [0, 0.05) is 25.2 Å². The third kappa shape index (κ3) is 5.50. The van der Waals surface area contributed by atoms with Crippen molar-refractivity contribution in [3.05, 3.63) is 27.7 Å². The lowest BCUT2D eigenvalue weighted by molar-refractivity contribution is -0.120. The first-order valence-corrected chi connectivity index (χ1v) is 7.85. The molecule has 1 saturated heterocycles. The Morgan fingerprint density at radius 2 is 2.14 bits per heavy atom. The van der Waals surface area contributed by atoms with E-state index in [1.54, 1.807) is 6.08 Å². The summed E-state index contributed by atoms with van der Waals surface area (Å²) in [6, 6.07) is 3.79. The lowest BCUT2D eigenvalue weighted by Crippen LogP contribution is -2.46. The molecular weight excluding hydrogens is 385 g/mol. The number of carbonyl (C=O) groups is 2. The Morgan fingerprint density at radius 3 is 2.71 bits per heavy atom. The van der Waals surface area contributed by atoms with Crippen LogP contribution in [-0.4, -0.2) is 42.4 Å². The Kier molecular flexibility index (Phi) is 5.80. The van der Waals surface area contributed by atoms with Crippen LogP contribution in [0.25, 0.3) is 6.08 Å². The number of rotatable bonds is 5. The molecule has 1 aromatic rings. The second-order valence-corrected chi connectivity index (χ2v) is 6.06. The van der Waals surface area contributed by atoms with Gasteiger partial charge in [0.05, 0.1) is 6.54 Å². The predicted octanol–water partition coefficient (Wildman–Crippen LogP) is 0.963. The zero-order valence-electron chi connectivity index (χ0n) is 11.5. The van der Waals surface area contributed by atoms with E-state index in [1.165, 1.54) is 6.08 Å². The summed E-state index contributed by atoms with van der Waals surface area (Å²) < 4.78 is 6.13. The van der Waals surface area contributed by atoms with Crippen molar-refractivity contribution in [2.75, 3.05) is 19.6 Å². The monoisotopic (exact) mass is 403 g/mol. The van der Waals surface area contributed by atoms with Crippen LogP contribution in [0, 0.1) is 3.77 Å². The number of nitrogens with zero attached hydrogens (tertiary/aromatic N) is 1. The number of likely N-dealkylation sites (tertiary alicyclic amines) is 1. The number of primary amides is 1. The molecular formula is C14H18IN3O3. The van der Waals surface area contributed by atoms with E-state index in [9.17, 15) is 9.59 Å². The first kappa shape index (κ1) is 16.0.